The Morgan fingerprint density at radius 1 is 1.54 bits per heavy atom. The lowest BCUT2D eigenvalue weighted by atomic mass is 10.2. The van der Waals surface area contributed by atoms with E-state index in [4.69, 9.17) is 5.73 Å². The van der Waals surface area contributed by atoms with Gasteiger partial charge in [0.1, 0.15) is 11.5 Å². The molecule has 0 aromatic heterocycles. The summed E-state index contributed by atoms with van der Waals surface area (Å²) in [5.41, 5.74) is 6.99. The van der Waals surface area contributed by atoms with Crippen LogP contribution in [0.5, 0.6) is 0 Å². The standard InChI is InChI=1S/C9H11FN2S/c1-6-5-7(3-4-8(6)10)12-9(11)13-2/h3-5H,1-2H3,(H2,11,12)/p+1. The van der Waals surface area contributed by atoms with E-state index >= 15 is 0 Å². The van der Waals surface area contributed by atoms with Gasteiger partial charge in [-0.05, 0) is 48.7 Å². The zero-order chi connectivity index (χ0) is 9.84. The van der Waals surface area contributed by atoms with Gasteiger partial charge in [-0.15, -0.1) is 0 Å². The van der Waals surface area contributed by atoms with Crippen LogP contribution < -0.4 is 10.7 Å². The van der Waals surface area contributed by atoms with Gasteiger partial charge in [-0.2, -0.15) is 0 Å². The lowest BCUT2D eigenvalue weighted by Gasteiger charge is -1.96. The van der Waals surface area contributed by atoms with Gasteiger partial charge in [-0.3, -0.25) is 5.73 Å². The van der Waals surface area contributed by atoms with Gasteiger partial charge >= 0.3 is 5.17 Å². The van der Waals surface area contributed by atoms with Crippen LogP contribution >= 0.6 is 11.8 Å². The molecule has 0 spiro atoms. The van der Waals surface area contributed by atoms with Crippen LogP contribution in [0.25, 0.3) is 0 Å². The molecule has 0 unspecified atom stereocenters. The summed E-state index contributed by atoms with van der Waals surface area (Å²) in [5.74, 6) is -0.201. The third kappa shape index (κ3) is 2.73. The van der Waals surface area contributed by atoms with Gasteiger partial charge < -0.3 is 0 Å². The summed E-state index contributed by atoms with van der Waals surface area (Å²) in [5, 5.41) is 0.603. The number of thioether (sulfide) groups is 1. The van der Waals surface area contributed by atoms with E-state index in [9.17, 15) is 4.39 Å². The summed E-state index contributed by atoms with van der Waals surface area (Å²) in [6.07, 6.45) is 1.87. The third-order valence-corrected chi connectivity index (χ3v) is 2.19. The highest BCUT2D eigenvalue weighted by atomic mass is 32.2. The van der Waals surface area contributed by atoms with Crippen LogP contribution in [0.4, 0.5) is 10.1 Å². The summed E-state index contributed by atoms with van der Waals surface area (Å²) >= 11 is 1.42. The largest absolute Gasteiger partial charge is 0.306 e. The van der Waals surface area contributed by atoms with Gasteiger partial charge in [0.25, 0.3) is 0 Å². The summed E-state index contributed by atoms with van der Waals surface area (Å²) in [4.78, 5) is 2.95. The Hall–Kier alpha value is -1.03. The maximum Gasteiger partial charge on any atom is 0.306 e. The number of benzene rings is 1. The molecule has 0 amide bonds. The smallest absolute Gasteiger partial charge is 0.281 e. The number of halogens is 1. The van der Waals surface area contributed by atoms with Crippen molar-refractivity contribution in [2.24, 2.45) is 5.73 Å². The molecule has 13 heavy (non-hydrogen) atoms. The SMILES string of the molecule is CSC(N)=[NH+]c1ccc(F)c(C)c1. The van der Waals surface area contributed by atoms with E-state index in [1.54, 1.807) is 19.1 Å². The fourth-order valence-corrected chi connectivity index (χ4v) is 1.14. The summed E-state index contributed by atoms with van der Waals surface area (Å²) in [7, 11) is 0. The maximum absolute atomic E-state index is 12.8. The molecule has 4 heteroatoms. The first-order valence-corrected chi connectivity index (χ1v) is 5.05. The Morgan fingerprint density at radius 2 is 2.23 bits per heavy atom. The molecule has 3 N–H and O–H groups in total. The second kappa shape index (κ2) is 4.28. The Labute approximate surface area is 81.1 Å². The van der Waals surface area contributed by atoms with Crippen molar-refractivity contribution in [1.82, 2.24) is 0 Å². The normalized spacial score (nSPS) is 11.8. The van der Waals surface area contributed by atoms with Gasteiger partial charge in [0.15, 0.2) is 0 Å². The third-order valence-electron chi connectivity index (χ3n) is 1.65. The predicted molar refractivity (Wildman–Crippen MR) is 54.5 cm³/mol. The summed E-state index contributed by atoms with van der Waals surface area (Å²) < 4.78 is 12.8. The molecule has 70 valence electrons. The fourth-order valence-electron chi connectivity index (χ4n) is 0.916. The highest BCUT2D eigenvalue weighted by Crippen LogP contribution is 2.08. The van der Waals surface area contributed by atoms with E-state index in [1.165, 1.54) is 17.8 Å². The molecule has 2 nitrogen and oxygen atoms in total. The van der Waals surface area contributed by atoms with Crippen LogP contribution in [0.15, 0.2) is 18.2 Å². The van der Waals surface area contributed by atoms with Crippen LogP contribution in [0.3, 0.4) is 0 Å². The van der Waals surface area contributed by atoms with Gasteiger partial charge in [0.05, 0.1) is 0 Å². The van der Waals surface area contributed by atoms with Crippen molar-refractivity contribution < 1.29 is 9.38 Å². The first kappa shape index (κ1) is 10.1. The van der Waals surface area contributed by atoms with Gasteiger partial charge in [0.2, 0.25) is 0 Å². The van der Waals surface area contributed by atoms with Crippen molar-refractivity contribution in [2.45, 2.75) is 6.92 Å². The van der Waals surface area contributed by atoms with Gasteiger partial charge in [0, 0.05) is 0 Å². The van der Waals surface area contributed by atoms with E-state index in [1.807, 2.05) is 6.26 Å². The zero-order valence-corrected chi connectivity index (χ0v) is 8.41. The zero-order valence-electron chi connectivity index (χ0n) is 7.60. The topological polar surface area (TPSA) is 40.0 Å². The molecule has 0 radical (unpaired) electrons. The molecular weight excluding hydrogens is 187 g/mol. The van der Waals surface area contributed by atoms with Crippen molar-refractivity contribution in [3.63, 3.8) is 0 Å². The Morgan fingerprint density at radius 3 is 2.77 bits per heavy atom. The van der Waals surface area contributed by atoms with E-state index in [2.05, 4.69) is 4.99 Å². The first-order valence-electron chi connectivity index (χ1n) is 3.83. The monoisotopic (exact) mass is 199 g/mol. The molecule has 0 atom stereocenters. The molecule has 0 heterocycles. The first-order chi connectivity index (χ1) is 6.13. The van der Waals surface area contributed by atoms with Gasteiger partial charge in [-0.1, -0.05) is 0 Å². The maximum atomic E-state index is 12.8. The quantitative estimate of drug-likeness (QED) is 0.511. The molecule has 1 rings (SSSR count). The Bertz CT molecular complexity index is 336. The second-order valence-electron chi connectivity index (χ2n) is 2.66. The highest BCUT2D eigenvalue weighted by molar-refractivity contribution is 8.12. The number of hydrogen-bond donors (Lipinski definition) is 2. The van der Waals surface area contributed by atoms with E-state index in [0.29, 0.717) is 10.7 Å². The van der Waals surface area contributed by atoms with E-state index in [0.717, 1.165) is 5.69 Å². The van der Waals surface area contributed by atoms with Crippen molar-refractivity contribution in [1.29, 1.82) is 0 Å². The molecule has 1 aromatic rings. The molecule has 0 aliphatic rings. The molecular formula is C9H12FN2S+. The number of rotatable bonds is 1. The molecule has 1 aromatic carbocycles. The lowest BCUT2D eigenvalue weighted by Crippen LogP contribution is -2.68. The molecule has 0 bridgehead atoms. The molecule has 0 aliphatic heterocycles. The minimum absolute atomic E-state index is 0.201. The number of aryl methyl sites for hydroxylation is 1. The Balaban J connectivity index is 2.98. The lowest BCUT2D eigenvalue weighted by molar-refractivity contribution is -0.351. The molecule has 0 saturated heterocycles. The van der Waals surface area contributed by atoms with Crippen LogP contribution in [-0.2, 0) is 0 Å². The summed E-state index contributed by atoms with van der Waals surface area (Å²) in [6.45, 7) is 1.72. The molecule has 0 fully saturated rings. The Kier molecular flexibility index (Phi) is 3.31. The van der Waals surface area contributed by atoms with E-state index in [-0.39, 0.29) is 5.82 Å². The van der Waals surface area contributed by atoms with Crippen LogP contribution in [-0.4, -0.2) is 11.4 Å². The number of nitrogens with two attached hydrogens (primary N) is 1. The van der Waals surface area contributed by atoms with Crippen molar-refractivity contribution >= 4 is 22.6 Å². The fraction of sp³-hybridized carbons (Fsp3) is 0.222. The number of amidine groups is 1. The highest BCUT2D eigenvalue weighted by Gasteiger charge is 2.00. The van der Waals surface area contributed by atoms with Crippen molar-refractivity contribution in [3.8, 4) is 0 Å². The second-order valence-corrected chi connectivity index (χ2v) is 3.51. The minimum atomic E-state index is -0.201. The van der Waals surface area contributed by atoms with Gasteiger partial charge in [-0.25, -0.2) is 9.38 Å². The minimum Gasteiger partial charge on any atom is -0.281 e. The van der Waals surface area contributed by atoms with Crippen LogP contribution in [0.2, 0.25) is 0 Å². The average Bonchev–Trinajstić information content (AvgIpc) is 2.11. The van der Waals surface area contributed by atoms with Crippen LogP contribution in [0.1, 0.15) is 5.56 Å². The summed E-state index contributed by atoms with van der Waals surface area (Å²) in [6, 6.07) is 4.80. The van der Waals surface area contributed by atoms with E-state index < -0.39 is 0 Å². The average molecular weight is 199 g/mol. The number of hydrogen-bond acceptors (Lipinski definition) is 1. The van der Waals surface area contributed by atoms with Crippen molar-refractivity contribution in [3.05, 3.63) is 29.6 Å². The van der Waals surface area contributed by atoms with Crippen LogP contribution in [0, 0.1) is 12.7 Å². The predicted octanol–water partition coefficient (Wildman–Crippen LogP) is 0.524. The molecule has 0 aliphatic carbocycles. The number of nitrogens with one attached hydrogen (secondary N) is 1. The molecule has 0 saturated carbocycles. The van der Waals surface area contributed by atoms with Crippen molar-refractivity contribution in [2.75, 3.05) is 6.26 Å².